The number of rotatable bonds is 8. The van der Waals surface area contributed by atoms with Crippen molar-refractivity contribution in [2.24, 2.45) is 0 Å². The summed E-state index contributed by atoms with van der Waals surface area (Å²) >= 11 is 0. The predicted octanol–water partition coefficient (Wildman–Crippen LogP) is 3.84. The summed E-state index contributed by atoms with van der Waals surface area (Å²) in [6, 6.07) is 11.9. The van der Waals surface area contributed by atoms with Gasteiger partial charge in [0.1, 0.15) is 30.4 Å². The number of hydrogen-bond donors (Lipinski definition) is 0. The molecule has 2 aromatic carbocycles. The first kappa shape index (κ1) is 24.6. The quantitative estimate of drug-likeness (QED) is 0.340. The van der Waals surface area contributed by atoms with Gasteiger partial charge < -0.3 is 13.9 Å². The van der Waals surface area contributed by atoms with E-state index >= 15 is 0 Å². The lowest BCUT2D eigenvalue weighted by molar-refractivity contribution is -0.150. The van der Waals surface area contributed by atoms with E-state index in [9.17, 15) is 18.0 Å². The summed E-state index contributed by atoms with van der Waals surface area (Å²) in [6.07, 6.45) is 3.11. The highest BCUT2D eigenvalue weighted by molar-refractivity contribution is 7.89. The summed E-state index contributed by atoms with van der Waals surface area (Å²) in [5.41, 5.74) is 1.57. The maximum absolute atomic E-state index is 13.3. The van der Waals surface area contributed by atoms with Crippen LogP contribution in [0.5, 0.6) is 5.75 Å². The van der Waals surface area contributed by atoms with Gasteiger partial charge in [0.25, 0.3) is 0 Å². The van der Waals surface area contributed by atoms with Crippen molar-refractivity contribution >= 4 is 21.8 Å². The van der Waals surface area contributed by atoms with Crippen LogP contribution in [0.1, 0.15) is 42.2 Å². The molecule has 9 nitrogen and oxygen atoms in total. The van der Waals surface area contributed by atoms with E-state index in [-0.39, 0.29) is 23.8 Å². The van der Waals surface area contributed by atoms with Gasteiger partial charge in [-0.05, 0) is 62.6 Å². The fourth-order valence-electron chi connectivity index (χ4n) is 3.91. The second-order valence-electron chi connectivity index (χ2n) is 8.19. The Bertz CT molecular complexity index is 1300. The lowest BCUT2D eigenvalue weighted by Crippen LogP contribution is -2.48. The van der Waals surface area contributed by atoms with Crippen molar-refractivity contribution in [3.63, 3.8) is 0 Å². The molecule has 4 rings (SSSR count). The minimum Gasteiger partial charge on any atom is -0.497 e. The molecule has 0 saturated carbocycles. The molecule has 0 N–H and O–H groups in total. The normalized spacial score (nSPS) is 16.6. The first-order valence-corrected chi connectivity index (χ1v) is 12.6. The number of esters is 1. The number of aromatic nitrogens is 1. The van der Waals surface area contributed by atoms with E-state index in [0.717, 1.165) is 5.56 Å². The first-order valence-electron chi connectivity index (χ1n) is 11.2. The number of sulfonamides is 1. The van der Waals surface area contributed by atoms with Gasteiger partial charge in [0.2, 0.25) is 15.9 Å². The molecule has 2 heterocycles. The van der Waals surface area contributed by atoms with E-state index in [1.165, 1.54) is 41.8 Å². The Morgan fingerprint density at radius 1 is 1.09 bits per heavy atom. The highest BCUT2D eigenvalue weighted by Gasteiger charge is 2.38. The van der Waals surface area contributed by atoms with Crippen molar-refractivity contribution in [1.82, 2.24) is 9.29 Å². The number of nitrogens with zero attached hydrogens (tertiary/aromatic N) is 2. The first-order chi connectivity index (χ1) is 16.8. The van der Waals surface area contributed by atoms with Crippen LogP contribution in [-0.4, -0.2) is 49.2 Å². The van der Waals surface area contributed by atoms with Crippen LogP contribution < -0.4 is 4.74 Å². The van der Waals surface area contributed by atoms with Crippen molar-refractivity contribution in [2.75, 3.05) is 13.7 Å². The molecule has 35 heavy (non-hydrogen) atoms. The van der Waals surface area contributed by atoms with Gasteiger partial charge in [0, 0.05) is 17.7 Å². The summed E-state index contributed by atoms with van der Waals surface area (Å²) in [4.78, 5) is 28.8. The van der Waals surface area contributed by atoms with Crippen LogP contribution in [0.2, 0.25) is 0 Å². The maximum atomic E-state index is 13.3. The second kappa shape index (κ2) is 10.4. The Kier molecular flexibility index (Phi) is 7.32. The molecule has 0 aliphatic carbocycles. The van der Waals surface area contributed by atoms with E-state index in [1.807, 2.05) is 0 Å². The Hall–Kier alpha value is -3.50. The molecule has 3 aromatic rings. The van der Waals surface area contributed by atoms with E-state index in [0.29, 0.717) is 42.2 Å². The van der Waals surface area contributed by atoms with Crippen LogP contribution in [0, 0.1) is 0 Å². The third kappa shape index (κ3) is 5.44. The zero-order valence-electron chi connectivity index (χ0n) is 19.5. The molecule has 0 bridgehead atoms. The highest BCUT2D eigenvalue weighted by atomic mass is 32.2. The number of ether oxygens (including phenoxy) is 2. The van der Waals surface area contributed by atoms with E-state index in [1.54, 1.807) is 31.4 Å². The fourth-order valence-corrected chi connectivity index (χ4v) is 5.55. The Morgan fingerprint density at radius 3 is 2.46 bits per heavy atom. The zero-order valence-corrected chi connectivity index (χ0v) is 20.3. The Balaban J connectivity index is 1.44. The number of oxazole rings is 1. The van der Waals surface area contributed by atoms with E-state index < -0.39 is 22.0 Å². The highest BCUT2D eigenvalue weighted by Crippen LogP contribution is 2.27. The molecule has 1 aromatic heterocycles. The molecule has 1 unspecified atom stereocenters. The average Bonchev–Trinajstić information content (AvgIpc) is 3.36. The monoisotopic (exact) mass is 498 g/mol. The number of hydrogen-bond acceptors (Lipinski definition) is 8. The third-order valence-corrected chi connectivity index (χ3v) is 7.77. The van der Waals surface area contributed by atoms with E-state index in [4.69, 9.17) is 13.9 Å². The standard InChI is InChI=1S/C25H26N2O7S/c1-17(28)18-8-12-22(13-9-18)35(30,31)27-14-4-3-5-23(27)25(29)34-16-20-15-33-24(26-20)19-6-10-21(32-2)11-7-19/h6-13,15,23H,3-5,14,16H2,1-2H3. The van der Waals surface area contributed by atoms with Gasteiger partial charge in [-0.2, -0.15) is 4.31 Å². The number of piperidine rings is 1. The zero-order chi connectivity index (χ0) is 25.0. The second-order valence-corrected chi connectivity index (χ2v) is 10.1. The predicted molar refractivity (Wildman–Crippen MR) is 126 cm³/mol. The molecule has 1 aliphatic rings. The lowest BCUT2D eigenvalue weighted by Gasteiger charge is -2.33. The number of carbonyl (C=O) groups excluding carboxylic acids is 2. The lowest BCUT2D eigenvalue weighted by atomic mass is 10.1. The number of ketones is 1. The van der Waals surface area contributed by atoms with Crippen LogP contribution >= 0.6 is 0 Å². The maximum Gasteiger partial charge on any atom is 0.324 e. The van der Waals surface area contributed by atoms with Crippen LogP contribution in [0.25, 0.3) is 11.5 Å². The summed E-state index contributed by atoms with van der Waals surface area (Å²) in [5.74, 6) is 0.282. The molecule has 0 amide bonds. The van der Waals surface area contributed by atoms with Gasteiger partial charge in [-0.3, -0.25) is 9.59 Å². The number of Topliss-reactive ketones (excluding diaryl/α,β-unsaturated/α-hetero) is 1. The van der Waals surface area contributed by atoms with Gasteiger partial charge in [0.05, 0.1) is 12.0 Å². The molecular formula is C25H26N2O7S. The molecule has 1 fully saturated rings. The molecule has 0 spiro atoms. The Morgan fingerprint density at radius 2 is 1.80 bits per heavy atom. The van der Waals surface area contributed by atoms with Gasteiger partial charge in [-0.15, -0.1) is 0 Å². The van der Waals surface area contributed by atoms with E-state index in [2.05, 4.69) is 4.98 Å². The Labute approximate surface area is 203 Å². The van der Waals surface area contributed by atoms with Crippen molar-refractivity contribution < 1.29 is 31.9 Å². The SMILES string of the molecule is COc1ccc(-c2nc(COC(=O)C3CCCCN3S(=O)(=O)c3ccc(C(C)=O)cc3)co2)cc1. The van der Waals surface area contributed by atoms with Crippen LogP contribution in [-0.2, 0) is 26.2 Å². The molecule has 184 valence electrons. The summed E-state index contributed by atoms with van der Waals surface area (Å²) in [7, 11) is -2.36. The van der Waals surface area contributed by atoms with Gasteiger partial charge in [-0.1, -0.05) is 12.1 Å². The average molecular weight is 499 g/mol. The third-order valence-electron chi connectivity index (χ3n) is 5.84. The molecule has 1 saturated heterocycles. The van der Waals surface area contributed by atoms with Crippen molar-refractivity contribution in [3.05, 3.63) is 66.1 Å². The number of carbonyl (C=O) groups is 2. The topological polar surface area (TPSA) is 116 Å². The van der Waals surface area contributed by atoms with Gasteiger partial charge in [0.15, 0.2) is 5.78 Å². The molecular weight excluding hydrogens is 472 g/mol. The summed E-state index contributed by atoms with van der Waals surface area (Å²) in [6.45, 7) is 1.48. The van der Waals surface area contributed by atoms with Crippen LogP contribution in [0.3, 0.4) is 0 Å². The number of methoxy groups -OCH3 is 1. The van der Waals surface area contributed by atoms with Crippen LogP contribution in [0.15, 0.2) is 64.1 Å². The molecule has 1 aliphatic heterocycles. The largest absolute Gasteiger partial charge is 0.497 e. The minimum atomic E-state index is -3.94. The minimum absolute atomic E-state index is 0.0304. The fraction of sp³-hybridized carbons (Fsp3) is 0.320. The van der Waals surface area contributed by atoms with Crippen molar-refractivity contribution in [2.45, 2.75) is 43.7 Å². The molecule has 0 radical (unpaired) electrons. The molecule has 1 atom stereocenters. The summed E-state index contributed by atoms with van der Waals surface area (Å²) in [5, 5.41) is 0. The smallest absolute Gasteiger partial charge is 0.324 e. The number of benzene rings is 2. The summed E-state index contributed by atoms with van der Waals surface area (Å²) < 4.78 is 43.8. The van der Waals surface area contributed by atoms with Gasteiger partial charge >= 0.3 is 5.97 Å². The molecule has 10 heteroatoms. The van der Waals surface area contributed by atoms with Crippen molar-refractivity contribution in [1.29, 1.82) is 0 Å². The van der Waals surface area contributed by atoms with Crippen molar-refractivity contribution in [3.8, 4) is 17.2 Å². The van der Waals surface area contributed by atoms with Gasteiger partial charge in [-0.25, -0.2) is 13.4 Å². The van der Waals surface area contributed by atoms with Crippen LogP contribution in [0.4, 0.5) is 0 Å².